The maximum absolute atomic E-state index is 3.57. The first-order valence-corrected chi connectivity index (χ1v) is 7.38. The van der Waals surface area contributed by atoms with E-state index in [1.54, 1.807) is 11.1 Å². The molecule has 0 spiro atoms. The number of benzene rings is 1. The Morgan fingerprint density at radius 3 is 2.75 bits per heavy atom. The lowest BCUT2D eigenvalue weighted by Gasteiger charge is -2.34. The van der Waals surface area contributed by atoms with Gasteiger partial charge in [0.2, 0.25) is 0 Å². The lowest BCUT2D eigenvalue weighted by atomic mass is 9.77. The fraction of sp³-hybridized carbons (Fsp3) is 0.571. The first-order valence-electron chi connectivity index (χ1n) is 6.26. The molecule has 0 heterocycles. The van der Waals surface area contributed by atoms with Crippen molar-refractivity contribution in [1.82, 2.24) is 4.90 Å². The van der Waals surface area contributed by atoms with E-state index in [-0.39, 0.29) is 0 Å². The molecule has 2 heteroatoms. The summed E-state index contributed by atoms with van der Waals surface area (Å²) in [6.07, 6.45) is 4.13. The molecule has 2 aliphatic rings. The van der Waals surface area contributed by atoms with Gasteiger partial charge in [-0.2, -0.15) is 0 Å². The highest BCUT2D eigenvalue weighted by Crippen LogP contribution is 2.37. The van der Waals surface area contributed by atoms with Gasteiger partial charge in [-0.25, -0.2) is 0 Å². The van der Waals surface area contributed by atoms with Gasteiger partial charge < -0.3 is 0 Å². The number of halogens is 1. The van der Waals surface area contributed by atoms with E-state index < -0.39 is 0 Å². The standard InChI is InChI=1S/C14H18BrN/c15-7-8-16(13-5-6-13)10-12-9-11-3-1-2-4-14(11)12/h1-4,12-13H,5-10H2. The summed E-state index contributed by atoms with van der Waals surface area (Å²) in [6.45, 7) is 2.48. The molecule has 0 amide bonds. The van der Waals surface area contributed by atoms with Gasteiger partial charge in [-0.15, -0.1) is 0 Å². The fourth-order valence-electron chi connectivity index (χ4n) is 2.78. The Morgan fingerprint density at radius 1 is 1.25 bits per heavy atom. The van der Waals surface area contributed by atoms with Crippen molar-refractivity contribution in [1.29, 1.82) is 0 Å². The second kappa shape index (κ2) is 4.50. The smallest absolute Gasteiger partial charge is 0.0159 e. The summed E-state index contributed by atoms with van der Waals surface area (Å²) in [6, 6.07) is 9.81. The van der Waals surface area contributed by atoms with E-state index in [0.717, 1.165) is 17.3 Å². The minimum absolute atomic E-state index is 0.802. The zero-order valence-electron chi connectivity index (χ0n) is 9.53. The van der Waals surface area contributed by atoms with Crippen LogP contribution in [0.1, 0.15) is 29.9 Å². The highest BCUT2D eigenvalue weighted by molar-refractivity contribution is 9.09. The summed E-state index contributed by atoms with van der Waals surface area (Å²) >= 11 is 3.57. The Labute approximate surface area is 106 Å². The van der Waals surface area contributed by atoms with Crippen LogP contribution >= 0.6 is 15.9 Å². The summed E-state index contributed by atoms with van der Waals surface area (Å²) in [5.74, 6) is 0.802. The van der Waals surface area contributed by atoms with Crippen molar-refractivity contribution in [3.05, 3.63) is 35.4 Å². The van der Waals surface area contributed by atoms with Gasteiger partial charge in [-0.3, -0.25) is 4.90 Å². The molecule has 86 valence electrons. The molecule has 1 aromatic carbocycles. The first kappa shape index (κ1) is 10.8. The summed E-state index contributed by atoms with van der Waals surface area (Å²) in [5.41, 5.74) is 3.17. The number of fused-ring (bicyclic) bond motifs is 1. The van der Waals surface area contributed by atoms with Crippen molar-refractivity contribution in [2.45, 2.75) is 31.2 Å². The topological polar surface area (TPSA) is 3.24 Å². The number of rotatable bonds is 5. The van der Waals surface area contributed by atoms with Crippen molar-refractivity contribution in [3.8, 4) is 0 Å². The minimum atomic E-state index is 0.802. The normalized spacial score (nSPS) is 23.0. The Kier molecular flexibility index (Phi) is 3.03. The van der Waals surface area contributed by atoms with Crippen LogP contribution in [0.5, 0.6) is 0 Å². The van der Waals surface area contributed by atoms with Crippen LogP contribution in [0.15, 0.2) is 24.3 Å². The number of nitrogens with zero attached hydrogens (tertiary/aromatic N) is 1. The molecule has 1 nitrogen and oxygen atoms in total. The quantitative estimate of drug-likeness (QED) is 0.749. The minimum Gasteiger partial charge on any atom is -0.299 e. The Morgan fingerprint density at radius 2 is 2.06 bits per heavy atom. The summed E-state index contributed by atoms with van der Waals surface area (Å²) < 4.78 is 0. The van der Waals surface area contributed by atoms with Gasteiger partial charge in [0, 0.05) is 30.4 Å². The second-order valence-electron chi connectivity index (χ2n) is 5.01. The van der Waals surface area contributed by atoms with Gasteiger partial charge >= 0.3 is 0 Å². The molecule has 1 unspecified atom stereocenters. The maximum atomic E-state index is 3.57. The predicted molar refractivity (Wildman–Crippen MR) is 71.3 cm³/mol. The summed E-state index contributed by atoms with van der Waals surface area (Å²) in [4.78, 5) is 2.68. The van der Waals surface area contributed by atoms with Crippen LogP contribution in [0.2, 0.25) is 0 Å². The van der Waals surface area contributed by atoms with E-state index in [4.69, 9.17) is 0 Å². The van der Waals surface area contributed by atoms with E-state index in [1.807, 2.05) is 0 Å². The van der Waals surface area contributed by atoms with E-state index in [1.165, 1.54) is 32.4 Å². The van der Waals surface area contributed by atoms with Crippen LogP contribution in [0.3, 0.4) is 0 Å². The average Bonchev–Trinajstić information content (AvgIpc) is 3.08. The molecule has 2 aliphatic carbocycles. The van der Waals surface area contributed by atoms with Crippen molar-refractivity contribution >= 4 is 15.9 Å². The van der Waals surface area contributed by atoms with Crippen molar-refractivity contribution in [3.63, 3.8) is 0 Å². The molecular weight excluding hydrogens is 262 g/mol. The zero-order chi connectivity index (χ0) is 11.0. The van der Waals surface area contributed by atoms with E-state index in [9.17, 15) is 0 Å². The van der Waals surface area contributed by atoms with Crippen LogP contribution in [-0.4, -0.2) is 29.4 Å². The summed E-state index contributed by atoms with van der Waals surface area (Å²) in [5, 5.41) is 1.11. The van der Waals surface area contributed by atoms with Gasteiger partial charge in [0.15, 0.2) is 0 Å². The predicted octanol–water partition coefficient (Wildman–Crippen LogP) is 3.19. The van der Waals surface area contributed by atoms with Crippen LogP contribution < -0.4 is 0 Å². The zero-order valence-corrected chi connectivity index (χ0v) is 11.1. The molecule has 0 bridgehead atoms. The highest BCUT2D eigenvalue weighted by atomic mass is 79.9. The van der Waals surface area contributed by atoms with Crippen LogP contribution in [0.4, 0.5) is 0 Å². The van der Waals surface area contributed by atoms with E-state index in [0.29, 0.717) is 0 Å². The molecule has 3 rings (SSSR count). The SMILES string of the molecule is BrCCN(CC1Cc2ccccc21)C1CC1. The fourth-order valence-corrected chi connectivity index (χ4v) is 3.24. The number of hydrogen-bond donors (Lipinski definition) is 0. The molecule has 1 atom stereocenters. The van der Waals surface area contributed by atoms with Gasteiger partial charge in [0.05, 0.1) is 0 Å². The first-order chi connectivity index (χ1) is 7.88. The second-order valence-corrected chi connectivity index (χ2v) is 5.81. The van der Waals surface area contributed by atoms with Crippen molar-refractivity contribution in [2.75, 3.05) is 18.4 Å². The van der Waals surface area contributed by atoms with Crippen molar-refractivity contribution in [2.24, 2.45) is 0 Å². The molecule has 16 heavy (non-hydrogen) atoms. The third kappa shape index (κ3) is 2.05. The molecule has 1 aromatic rings. The molecule has 1 fully saturated rings. The average molecular weight is 280 g/mol. The van der Waals surface area contributed by atoms with Crippen LogP contribution in [0, 0.1) is 0 Å². The third-order valence-electron chi connectivity index (χ3n) is 3.85. The highest BCUT2D eigenvalue weighted by Gasteiger charge is 2.33. The largest absolute Gasteiger partial charge is 0.299 e. The van der Waals surface area contributed by atoms with E-state index in [2.05, 4.69) is 45.1 Å². The van der Waals surface area contributed by atoms with Crippen LogP contribution in [-0.2, 0) is 6.42 Å². The Hall–Kier alpha value is -0.340. The molecule has 0 N–H and O–H groups in total. The monoisotopic (exact) mass is 279 g/mol. The van der Waals surface area contributed by atoms with Gasteiger partial charge in [0.1, 0.15) is 0 Å². The molecular formula is C14H18BrN. The summed E-state index contributed by atoms with van der Waals surface area (Å²) in [7, 11) is 0. The maximum Gasteiger partial charge on any atom is 0.0159 e. The van der Waals surface area contributed by atoms with Crippen LogP contribution in [0.25, 0.3) is 0 Å². The molecule has 0 aromatic heterocycles. The third-order valence-corrected chi connectivity index (χ3v) is 4.21. The van der Waals surface area contributed by atoms with Gasteiger partial charge in [-0.1, -0.05) is 40.2 Å². The molecule has 0 aliphatic heterocycles. The Bertz CT molecular complexity index is 373. The van der Waals surface area contributed by atoms with Gasteiger partial charge in [0.25, 0.3) is 0 Å². The molecule has 1 saturated carbocycles. The lowest BCUT2D eigenvalue weighted by Crippen LogP contribution is -2.36. The lowest BCUT2D eigenvalue weighted by molar-refractivity contribution is 0.253. The van der Waals surface area contributed by atoms with Crippen molar-refractivity contribution < 1.29 is 0 Å². The number of alkyl halides is 1. The van der Waals surface area contributed by atoms with E-state index >= 15 is 0 Å². The van der Waals surface area contributed by atoms with Gasteiger partial charge in [-0.05, 0) is 30.4 Å². The number of hydrogen-bond acceptors (Lipinski definition) is 1. The Balaban J connectivity index is 1.63. The molecule has 0 radical (unpaired) electrons. The molecule has 0 saturated heterocycles.